The third-order valence-corrected chi connectivity index (χ3v) is 5.55. The van der Waals surface area contributed by atoms with Crippen molar-refractivity contribution in [2.75, 3.05) is 6.61 Å². The van der Waals surface area contributed by atoms with E-state index in [1.807, 2.05) is 35.5 Å². The average Bonchev–Trinajstić information content (AvgIpc) is 3.20. The van der Waals surface area contributed by atoms with Gasteiger partial charge in [0.05, 0.1) is 24.0 Å². The van der Waals surface area contributed by atoms with Crippen LogP contribution in [0.1, 0.15) is 53.1 Å². The zero-order chi connectivity index (χ0) is 18.5. The SMILES string of the molecule is CCOc1ncccc1C(=O)N1[C@@H]2CC[C@H]1c1cnc3cc(C)nn3c1C2. The number of aryl methyl sites for hydroxylation is 1. The lowest BCUT2D eigenvalue weighted by Crippen LogP contribution is -2.43. The molecule has 0 saturated carbocycles. The molecule has 3 aromatic rings. The van der Waals surface area contributed by atoms with Gasteiger partial charge < -0.3 is 9.64 Å². The molecular formula is C20H21N5O2. The largest absolute Gasteiger partial charge is 0.477 e. The lowest BCUT2D eigenvalue weighted by atomic mass is 9.98. The van der Waals surface area contributed by atoms with Gasteiger partial charge >= 0.3 is 0 Å². The Hall–Kier alpha value is -2.96. The molecule has 0 unspecified atom stereocenters. The summed E-state index contributed by atoms with van der Waals surface area (Å²) in [6.45, 7) is 4.35. The van der Waals surface area contributed by atoms with Gasteiger partial charge in [-0.1, -0.05) is 0 Å². The van der Waals surface area contributed by atoms with E-state index in [9.17, 15) is 4.79 Å². The third-order valence-electron chi connectivity index (χ3n) is 5.55. The first-order valence-corrected chi connectivity index (χ1v) is 9.42. The molecule has 138 valence electrons. The molecule has 27 heavy (non-hydrogen) atoms. The summed E-state index contributed by atoms with van der Waals surface area (Å²) in [5.74, 6) is 0.396. The van der Waals surface area contributed by atoms with E-state index in [1.54, 1.807) is 18.3 Å². The van der Waals surface area contributed by atoms with E-state index >= 15 is 0 Å². The molecule has 1 amide bonds. The van der Waals surface area contributed by atoms with Crippen LogP contribution >= 0.6 is 0 Å². The fraction of sp³-hybridized carbons (Fsp3) is 0.400. The van der Waals surface area contributed by atoms with Gasteiger partial charge in [-0.25, -0.2) is 14.5 Å². The maximum atomic E-state index is 13.4. The van der Waals surface area contributed by atoms with Crippen LogP contribution in [-0.2, 0) is 6.42 Å². The second-order valence-electron chi connectivity index (χ2n) is 7.17. The molecule has 1 saturated heterocycles. The van der Waals surface area contributed by atoms with Crippen molar-refractivity contribution in [3.63, 3.8) is 0 Å². The molecule has 0 N–H and O–H groups in total. The summed E-state index contributed by atoms with van der Waals surface area (Å²) in [5.41, 5.74) is 4.65. The van der Waals surface area contributed by atoms with E-state index in [-0.39, 0.29) is 18.0 Å². The molecule has 0 radical (unpaired) electrons. The average molecular weight is 363 g/mol. The maximum absolute atomic E-state index is 13.4. The number of aromatic nitrogens is 4. The van der Waals surface area contributed by atoms with Crippen molar-refractivity contribution in [1.29, 1.82) is 0 Å². The van der Waals surface area contributed by atoms with Crippen LogP contribution in [0.5, 0.6) is 5.88 Å². The van der Waals surface area contributed by atoms with Crippen molar-refractivity contribution in [3.8, 4) is 5.88 Å². The molecule has 5 rings (SSSR count). The highest BCUT2D eigenvalue weighted by Gasteiger charge is 2.44. The van der Waals surface area contributed by atoms with Crippen LogP contribution in [0, 0.1) is 6.92 Å². The highest BCUT2D eigenvalue weighted by atomic mass is 16.5. The Balaban J connectivity index is 1.57. The normalized spacial score (nSPS) is 20.7. The van der Waals surface area contributed by atoms with E-state index in [1.165, 1.54) is 5.69 Å². The zero-order valence-electron chi connectivity index (χ0n) is 15.4. The standard InChI is InChI=1S/C20H21N5O2/c1-3-27-19-14(5-4-8-21-19)20(26)24-13-6-7-16(24)15-11-22-18-9-12(2)23-25(18)17(15)10-13/h4-5,8-9,11,13,16H,3,6-7,10H2,1-2H3/t13-,16+/m1/s1. The Labute approximate surface area is 157 Å². The molecule has 5 heterocycles. The molecule has 2 aliphatic heterocycles. The van der Waals surface area contributed by atoms with Crippen LogP contribution in [0.4, 0.5) is 0 Å². The van der Waals surface area contributed by atoms with Crippen LogP contribution in [-0.4, -0.2) is 43.0 Å². The van der Waals surface area contributed by atoms with Crippen LogP contribution in [0.15, 0.2) is 30.6 Å². The van der Waals surface area contributed by atoms with Crippen LogP contribution in [0.25, 0.3) is 5.65 Å². The summed E-state index contributed by atoms with van der Waals surface area (Å²) < 4.78 is 7.54. The number of rotatable bonds is 3. The molecule has 3 aromatic heterocycles. The summed E-state index contributed by atoms with van der Waals surface area (Å²) >= 11 is 0. The van der Waals surface area contributed by atoms with E-state index in [0.717, 1.165) is 36.2 Å². The van der Waals surface area contributed by atoms with Gasteiger partial charge in [0.1, 0.15) is 5.56 Å². The van der Waals surface area contributed by atoms with Gasteiger partial charge in [-0.2, -0.15) is 5.10 Å². The highest BCUT2D eigenvalue weighted by Crippen LogP contribution is 2.44. The maximum Gasteiger partial charge on any atom is 0.260 e. The van der Waals surface area contributed by atoms with E-state index < -0.39 is 0 Å². The molecule has 1 fully saturated rings. The smallest absolute Gasteiger partial charge is 0.260 e. The monoisotopic (exact) mass is 363 g/mol. The summed E-state index contributed by atoms with van der Waals surface area (Å²) in [6.07, 6.45) is 6.30. The van der Waals surface area contributed by atoms with Crippen molar-refractivity contribution in [2.24, 2.45) is 0 Å². The fourth-order valence-electron chi connectivity index (χ4n) is 4.46. The van der Waals surface area contributed by atoms with Crippen molar-refractivity contribution in [2.45, 2.75) is 45.2 Å². The van der Waals surface area contributed by atoms with Gasteiger partial charge in [0.25, 0.3) is 5.91 Å². The second-order valence-corrected chi connectivity index (χ2v) is 7.17. The summed E-state index contributed by atoms with van der Waals surface area (Å²) in [6, 6.07) is 5.77. The Bertz CT molecular complexity index is 1040. The van der Waals surface area contributed by atoms with Gasteiger partial charge in [0.15, 0.2) is 5.65 Å². The Morgan fingerprint density at radius 3 is 3.07 bits per heavy atom. The van der Waals surface area contributed by atoms with Gasteiger partial charge in [-0.05, 0) is 38.8 Å². The predicted molar refractivity (Wildman–Crippen MR) is 98.8 cm³/mol. The molecule has 0 aliphatic carbocycles. The number of pyridine rings is 1. The summed E-state index contributed by atoms with van der Waals surface area (Å²) in [4.78, 5) is 24.2. The van der Waals surface area contributed by atoms with Crippen molar-refractivity contribution in [3.05, 3.63) is 53.1 Å². The molecule has 2 atom stereocenters. The Kier molecular flexibility index (Phi) is 3.63. The molecule has 7 nitrogen and oxygen atoms in total. The van der Waals surface area contributed by atoms with E-state index in [2.05, 4.69) is 15.1 Å². The number of hydrogen-bond acceptors (Lipinski definition) is 5. The molecule has 0 aromatic carbocycles. The quantitative estimate of drug-likeness (QED) is 0.715. The Morgan fingerprint density at radius 1 is 1.33 bits per heavy atom. The van der Waals surface area contributed by atoms with Gasteiger partial charge in [-0.15, -0.1) is 0 Å². The first-order chi connectivity index (χ1) is 13.2. The molecule has 2 bridgehead atoms. The summed E-state index contributed by atoms with van der Waals surface area (Å²) in [5, 5.41) is 4.61. The van der Waals surface area contributed by atoms with Crippen LogP contribution in [0.2, 0.25) is 0 Å². The topological polar surface area (TPSA) is 72.6 Å². The number of carbonyl (C=O) groups excluding carboxylic acids is 1. The van der Waals surface area contributed by atoms with Gasteiger partial charge in [0, 0.05) is 36.5 Å². The fourth-order valence-corrected chi connectivity index (χ4v) is 4.46. The second kappa shape index (κ2) is 6.04. The van der Waals surface area contributed by atoms with E-state index in [0.29, 0.717) is 18.1 Å². The minimum atomic E-state index is -0.0126. The first kappa shape index (κ1) is 16.2. The lowest BCUT2D eigenvalue weighted by Gasteiger charge is -2.36. The van der Waals surface area contributed by atoms with Gasteiger partial charge in [-0.3, -0.25) is 4.79 Å². The first-order valence-electron chi connectivity index (χ1n) is 9.42. The van der Waals surface area contributed by atoms with Crippen LogP contribution < -0.4 is 4.74 Å². The van der Waals surface area contributed by atoms with E-state index in [4.69, 9.17) is 4.74 Å². The minimum Gasteiger partial charge on any atom is -0.477 e. The number of ether oxygens (including phenoxy) is 1. The number of nitrogens with zero attached hydrogens (tertiary/aromatic N) is 5. The Morgan fingerprint density at radius 2 is 2.22 bits per heavy atom. The van der Waals surface area contributed by atoms with Crippen molar-refractivity contribution >= 4 is 11.6 Å². The number of fused-ring (bicyclic) bond motifs is 6. The van der Waals surface area contributed by atoms with Gasteiger partial charge in [0.2, 0.25) is 5.88 Å². The van der Waals surface area contributed by atoms with Crippen molar-refractivity contribution < 1.29 is 9.53 Å². The lowest BCUT2D eigenvalue weighted by molar-refractivity contribution is 0.0637. The van der Waals surface area contributed by atoms with Crippen molar-refractivity contribution in [1.82, 2.24) is 24.5 Å². The third kappa shape index (κ3) is 2.41. The highest BCUT2D eigenvalue weighted by molar-refractivity contribution is 5.97. The molecule has 2 aliphatic rings. The number of hydrogen-bond donors (Lipinski definition) is 0. The predicted octanol–water partition coefficient (Wildman–Crippen LogP) is 2.73. The minimum absolute atomic E-state index is 0.0126. The molecule has 7 heteroatoms. The zero-order valence-corrected chi connectivity index (χ0v) is 15.4. The number of amides is 1. The summed E-state index contributed by atoms with van der Waals surface area (Å²) in [7, 11) is 0. The number of carbonyl (C=O) groups is 1. The molecular weight excluding hydrogens is 342 g/mol. The van der Waals surface area contributed by atoms with Crippen LogP contribution in [0.3, 0.4) is 0 Å². The molecule has 0 spiro atoms.